The van der Waals surface area contributed by atoms with Gasteiger partial charge >= 0.3 is 0 Å². The molecule has 6 nitrogen and oxygen atoms in total. The van der Waals surface area contributed by atoms with Crippen molar-refractivity contribution in [3.8, 4) is 0 Å². The molecule has 0 bridgehead atoms. The van der Waals surface area contributed by atoms with Gasteiger partial charge < -0.3 is 20.5 Å². The highest BCUT2D eigenvalue weighted by Crippen LogP contribution is 2.26. The van der Waals surface area contributed by atoms with E-state index in [4.69, 9.17) is 0 Å². The topological polar surface area (TPSA) is 77.2 Å². The number of nitrogens with zero attached hydrogens (tertiary/aromatic N) is 1. The Morgan fingerprint density at radius 1 is 0.963 bits per heavy atom. The normalized spacial score (nSPS) is 11.0. The minimum Gasteiger partial charge on any atom is -0.358 e. The van der Waals surface area contributed by atoms with Crippen LogP contribution in [0.4, 0.5) is 11.4 Å². The van der Waals surface area contributed by atoms with Crippen LogP contribution >= 0.6 is 0 Å². The van der Waals surface area contributed by atoms with Gasteiger partial charge in [-0.2, -0.15) is 0 Å². The third kappa shape index (κ3) is 4.01. The van der Waals surface area contributed by atoms with Gasteiger partial charge in [-0.1, -0.05) is 24.3 Å². The highest BCUT2D eigenvalue weighted by atomic mass is 16.2. The Labute approximate surface area is 158 Å². The molecule has 3 rings (SSSR count). The largest absolute Gasteiger partial charge is 0.358 e. The minimum absolute atomic E-state index is 0.139. The molecule has 0 spiro atoms. The fourth-order valence-electron chi connectivity index (χ4n) is 3.04. The molecule has 3 N–H and O–H groups in total. The summed E-state index contributed by atoms with van der Waals surface area (Å²) in [7, 11) is 3.66. The summed E-state index contributed by atoms with van der Waals surface area (Å²) in [5, 5.41) is 6.80. The molecule has 0 atom stereocenters. The van der Waals surface area contributed by atoms with E-state index in [1.165, 1.54) is 0 Å². The number of amides is 2. The quantitative estimate of drug-likeness (QED) is 0.648. The van der Waals surface area contributed by atoms with Crippen LogP contribution in [-0.2, 0) is 4.79 Å². The maximum absolute atomic E-state index is 12.9. The lowest BCUT2D eigenvalue weighted by Crippen LogP contribution is -2.27. The minimum atomic E-state index is -0.226. The van der Waals surface area contributed by atoms with E-state index < -0.39 is 0 Å². The molecule has 140 valence electrons. The SMILES string of the molecule is Cc1[nH]c2c(C(=O)Nc3ccccc3NC(=O)CN(C)C)cccc2c1C. The first-order valence-electron chi connectivity index (χ1n) is 8.79. The number of aromatic nitrogens is 1. The van der Waals surface area contributed by atoms with Gasteiger partial charge in [0.05, 0.1) is 29.0 Å². The highest BCUT2D eigenvalue weighted by Gasteiger charge is 2.16. The van der Waals surface area contributed by atoms with E-state index in [-0.39, 0.29) is 18.4 Å². The lowest BCUT2D eigenvalue weighted by atomic mass is 10.1. The molecule has 3 aromatic rings. The number of anilines is 2. The molecule has 1 heterocycles. The molecule has 0 aliphatic rings. The van der Waals surface area contributed by atoms with Gasteiger partial charge in [-0.15, -0.1) is 0 Å². The van der Waals surface area contributed by atoms with Crippen LogP contribution in [0.1, 0.15) is 21.6 Å². The van der Waals surface area contributed by atoms with Crippen molar-refractivity contribution in [3.63, 3.8) is 0 Å². The van der Waals surface area contributed by atoms with E-state index in [0.717, 1.165) is 22.2 Å². The van der Waals surface area contributed by atoms with Crippen LogP contribution in [-0.4, -0.2) is 42.3 Å². The fourth-order valence-corrected chi connectivity index (χ4v) is 3.04. The Morgan fingerprint density at radius 3 is 2.30 bits per heavy atom. The van der Waals surface area contributed by atoms with Gasteiger partial charge in [-0.25, -0.2) is 0 Å². The van der Waals surface area contributed by atoms with E-state index in [2.05, 4.69) is 15.6 Å². The molecule has 0 unspecified atom stereocenters. The van der Waals surface area contributed by atoms with Gasteiger partial charge in [0.25, 0.3) is 5.91 Å². The second kappa shape index (κ2) is 7.63. The van der Waals surface area contributed by atoms with E-state index in [1.807, 2.05) is 52.2 Å². The summed E-state index contributed by atoms with van der Waals surface area (Å²) in [5.41, 5.74) is 4.70. The number of fused-ring (bicyclic) bond motifs is 1. The van der Waals surface area contributed by atoms with E-state index in [0.29, 0.717) is 16.9 Å². The van der Waals surface area contributed by atoms with Gasteiger partial charge in [0, 0.05) is 11.1 Å². The highest BCUT2D eigenvalue weighted by molar-refractivity contribution is 6.14. The van der Waals surface area contributed by atoms with Crippen molar-refractivity contribution in [2.24, 2.45) is 0 Å². The third-order valence-electron chi connectivity index (χ3n) is 4.50. The van der Waals surface area contributed by atoms with Crippen LogP contribution in [0.2, 0.25) is 0 Å². The maximum atomic E-state index is 12.9. The molecule has 1 aromatic heterocycles. The number of aryl methyl sites for hydroxylation is 2. The molecule has 27 heavy (non-hydrogen) atoms. The van der Waals surface area contributed by atoms with Gasteiger partial charge in [0.2, 0.25) is 5.91 Å². The second-order valence-electron chi connectivity index (χ2n) is 6.89. The predicted octanol–water partition coefficient (Wildman–Crippen LogP) is 3.54. The summed E-state index contributed by atoms with van der Waals surface area (Å²) >= 11 is 0. The van der Waals surface area contributed by atoms with Crippen molar-refractivity contribution in [3.05, 3.63) is 59.3 Å². The van der Waals surface area contributed by atoms with Crippen molar-refractivity contribution in [1.29, 1.82) is 0 Å². The number of rotatable bonds is 5. The number of para-hydroxylation sites is 3. The van der Waals surface area contributed by atoms with Crippen LogP contribution in [0.5, 0.6) is 0 Å². The predicted molar refractivity (Wildman–Crippen MR) is 109 cm³/mol. The monoisotopic (exact) mass is 364 g/mol. The molecule has 0 saturated carbocycles. The molecule has 6 heteroatoms. The number of carbonyl (C=O) groups is 2. The number of carbonyl (C=O) groups excluding carboxylic acids is 2. The number of hydrogen-bond acceptors (Lipinski definition) is 3. The maximum Gasteiger partial charge on any atom is 0.257 e. The molecule has 0 fully saturated rings. The molecule has 0 aliphatic carbocycles. The summed E-state index contributed by atoms with van der Waals surface area (Å²) in [6, 6.07) is 12.9. The lowest BCUT2D eigenvalue weighted by Gasteiger charge is -2.14. The van der Waals surface area contributed by atoms with Gasteiger partial charge in [-0.3, -0.25) is 9.59 Å². The zero-order valence-corrected chi connectivity index (χ0v) is 16.0. The van der Waals surface area contributed by atoms with Crippen LogP contribution in [0.15, 0.2) is 42.5 Å². The number of hydrogen-bond donors (Lipinski definition) is 3. The standard InChI is InChI=1S/C21H24N4O2/c1-13-14(2)22-20-15(13)8-7-9-16(20)21(27)24-18-11-6-5-10-17(18)23-19(26)12-25(3)4/h5-11,22H,12H2,1-4H3,(H,23,26)(H,24,27). The Hall–Kier alpha value is -3.12. The molecule has 0 saturated heterocycles. The molecule has 0 radical (unpaired) electrons. The molecule has 2 aromatic carbocycles. The number of nitrogens with one attached hydrogen (secondary N) is 3. The van der Waals surface area contributed by atoms with Gasteiger partial charge in [0.15, 0.2) is 0 Å². The average molecular weight is 364 g/mol. The Bertz CT molecular complexity index is 1000. The first-order chi connectivity index (χ1) is 12.9. The van der Waals surface area contributed by atoms with Crippen molar-refractivity contribution in [2.75, 3.05) is 31.3 Å². The fraction of sp³-hybridized carbons (Fsp3) is 0.238. The average Bonchev–Trinajstić information content (AvgIpc) is 2.90. The second-order valence-corrected chi connectivity index (χ2v) is 6.89. The van der Waals surface area contributed by atoms with Crippen molar-refractivity contribution >= 4 is 34.1 Å². The summed E-state index contributed by atoms with van der Waals surface area (Å²) < 4.78 is 0. The third-order valence-corrected chi connectivity index (χ3v) is 4.50. The number of likely N-dealkylation sites (N-methyl/N-ethyl adjacent to an activating group) is 1. The first kappa shape index (κ1) is 18.7. The van der Waals surface area contributed by atoms with Crippen LogP contribution in [0, 0.1) is 13.8 Å². The molecular weight excluding hydrogens is 340 g/mol. The Morgan fingerprint density at radius 2 is 1.63 bits per heavy atom. The summed E-state index contributed by atoms with van der Waals surface area (Å²) in [4.78, 5) is 30.1. The van der Waals surface area contributed by atoms with Gasteiger partial charge in [-0.05, 0) is 51.7 Å². The molecule has 2 amide bonds. The molecular formula is C21H24N4O2. The zero-order chi connectivity index (χ0) is 19.6. The van der Waals surface area contributed by atoms with E-state index in [9.17, 15) is 9.59 Å². The van der Waals surface area contributed by atoms with E-state index >= 15 is 0 Å². The lowest BCUT2D eigenvalue weighted by molar-refractivity contribution is -0.116. The van der Waals surface area contributed by atoms with Crippen LogP contribution < -0.4 is 10.6 Å². The van der Waals surface area contributed by atoms with Gasteiger partial charge in [0.1, 0.15) is 0 Å². The van der Waals surface area contributed by atoms with Crippen LogP contribution in [0.3, 0.4) is 0 Å². The Kier molecular flexibility index (Phi) is 5.28. The number of aromatic amines is 1. The smallest absolute Gasteiger partial charge is 0.257 e. The summed E-state index contributed by atoms with van der Waals surface area (Å²) in [5.74, 6) is -0.365. The summed E-state index contributed by atoms with van der Waals surface area (Å²) in [6.45, 7) is 4.29. The molecule has 0 aliphatic heterocycles. The zero-order valence-electron chi connectivity index (χ0n) is 16.0. The van der Waals surface area contributed by atoms with Crippen molar-refractivity contribution in [1.82, 2.24) is 9.88 Å². The number of benzene rings is 2. The van der Waals surface area contributed by atoms with Crippen molar-refractivity contribution in [2.45, 2.75) is 13.8 Å². The Balaban J connectivity index is 1.87. The first-order valence-corrected chi connectivity index (χ1v) is 8.79. The number of H-pyrrole nitrogens is 1. The van der Waals surface area contributed by atoms with E-state index in [1.54, 1.807) is 23.1 Å². The van der Waals surface area contributed by atoms with Crippen LogP contribution in [0.25, 0.3) is 10.9 Å². The van der Waals surface area contributed by atoms with Crippen molar-refractivity contribution < 1.29 is 9.59 Å². The summed E-state index contributed by atoms with van der Waals surface area (Å²) in [6.07, 6.45) is 0.